The summed E-state index contributed by atoms with van der Waals surface area (Å²) in [5.41, 5.74) is 11.4. The summed E-state index contributed by atoms with van der Waals surface area (Å²) in [7, 11) is 0. The van der Waals surface area contributed by atoms with E-state index >= 15 is 0 Å². The average molecular weight is 378 g/mol. The molecule has 1 aromatic heterocycles. The number of guanidine groups is 1. The van der Waals surface area contributed by atoms with Crippen molar-refractivity contribution in [1.82, 2.24) is 4.98 Å². The second-order valence-electron chi connectivity index (χ2n) is 6.94. The first-order valence-electron chi connectivity index (χ1n) is 9.57. The van der Waals surface area contributed by atoms with Crippen LogP contribution in [0.3, 0.4) is 0 Å². The number of hydrogen-bond acceptors (Lipinski definition) is 3. The van der Waals surface area contributed by atoms with Crippen LogP contribution in [0.5, 0.6) is 0 Å². The van der Waals surface area contributed by atoms with Gasteiger partial charge in [0.05, 0.1) is 5.69 Å². The fraction of sp³-hybridized carbons (Fsp3) is 0.273. The molecule has 0 atom stereocenters. The lowest BCUT2D eigenvalue weighted by Gasteiger charge is -2.19. The van der Waals surface area contributed by atoms with Crippen LogP contribution < -0.4 is 11.1 Å². The van der Waals surface area contributed by atoms with Gasteiger partial charge in [0.2, 0.25) is 5.89 Å². The molecule has 144 valence electrons. The third-order valence-corrected chi connectivity index (χ3v) is 4.95. The van der Waals surface area contributed by atoms with Crippen LogP contribution in [0, 0.1) is 5.82 Å². The van der Waals surface area contributed by atoms with Gasteiger partial charge in [0, 0.05) is 24.2 Å². The van der Waals surface area contributed by atoms with Crippen LogP contribution in [-0.4, -0.2) is 17.5 Å². The number of fused-ring (bicyclic) bond motifs is 1. The number of aliphatic imine (C=N–C) groups is 1. The van der Waals surface area contributed by atoms with E-state index in [4.69, 9.17) is 10.2 Å². The smallest absolute Gasteiger partial charge is 0.226 e. The summed E-state index contributed by atoms with van der Waals surface area (Å²) in [5.74, 6) is 0.592. The number of anilines is 1. The molecule has 1 aliphatic carbocycles. The van der Waals surface area contributed by atoms with Crippen molar-refractivity contribution >= 4 is 11.6 Å². The normalized spacial score (nSPS) is 14.0. The van der Waals surface area contributed by atoms with Gasteiger partial charge < -0.3 is 15.5 Å². The van der Waals surface area contributed by atoms with Gasteiger partial charge >= 0.3 is 0 Å². The Morgan fingerprint density at radius 3 is 2.82 bits per heavy atom. The van der Waals surface area contributed by atoms with Crippen molar-refractivity contribution in [2.24, 2.45) is 10.7 Å². The van der Waals surface area contributed by atoms with Gasteiger partial charge in [-0.2, -0.15) is 0 Å². The van der Waals surface area contributed by atoms with Crippen LogP contribution in [0.4, 0.5) is 10.1 Å². The standard InChI is InChI=1S/C22H23FN4O/c23-17-10-8-16(9-11-17)21-26-18(14-28-21)12-13-25-22(24)27-20-7-3-5-15-4-1-2-6-19(15)20/h3,5,7-11,14H,1-2,4,6,12-13H2,(H3,24,25,27). The van der Waals surface area contributed by atoms with E-state index in [1.165, 1.54) is 36.1 Å². The largest absolute Gasteiger partial charge is 0.444 e. The molecule has 3 N–H and O–H groups in total. The molecule has 0 spiro atoms. The number of hydrogen-bond donors (Lipinski definition) is 2. The summed E-state index contributed by atoms with van der Waals surface area (Å²) < 4.78 is 18.5. The molecule has 5 nitrogen and oxygen atoms in total. The van der Waals surface area contributed by atoms with Crippen molar-refractivity contribution in [3.05, 3.63) is 71.4 Å². The number of benzene rings is 2. The van der Waals surface area contributed by atoms with Crippen molar-refractivity contribution < 1.29 is 8.81 Å². The van der Waals surface area contributed by atoms with Crippen LogP contribution >= 0.6 is 0 Å². The first kappa shape index (κ1) is 18.2. The number of nitrogens with one attached hydrogen (secondary N) is 1. The number of rotatable bonds is 5. The quantitative estimate of drug-likeness (QED) is 0.512. The Morgan fingerprint density at radius 2 is 1.96 bits per heavy atom. The molecule has 0 unspecified atom stereocenters. The SMILES string of the molecule is NC(=NCCc1coc(-c2ccc(F)cc2)n1)Nc1cccc2c1CCCC2. The summed E-state index contributed by atoms with van der Waals surface area (Å²) in [6.07, 6.45) is 6.88. The number of nitrogens with zero attached hydrogens (tertiary/aromatic N) is 2. The van der Waals surface area contributed by atoms with E-state index in [1.54, 1.807) is 18.4 Å². The molecule has 6 heteroatoms. The molecule has 3 aromatic rings. The van der Waals surface area contributed by atoms with Crippen molar-refractivity contribution in [2.75, 3.05) is 11.9 Å². The molecule has 0 saturated heterocycles. The molecular formula is C22H23FN4O. The molecule has 0 amide bonds. The van der Waals surface area contributed by atoms with E-state index in [-0.39, 0.29) is 5.82 Å². The zero-order chi connectivity index (χ0) is 19.3. The third-order valence-electron chi connectivity index (χ3n) is 4.95. The lowest BCUT2D eigenvalue weighted by molar-refractivity contribution is 0.572. The van der Waals surface area contributed by atoms with E-state index in [1.807, 2.05) is 0 Å². The Balaban J connectivity index is 1.36. The highest BCUT2D eigenvalue weighted by Crippen LogP contribution is 2.27. The maximum Gasteiger partial charge on any atom is 0.226 e. The average Bonchev–Trinajstić information content (AvgIpc) is 3.18. The maximum atomic E-state index is 13.0. The van der Waals surface area contributed by atoms with E-state index < -0.39 is 0 Å². The number of oxazole rings is 1. The topological polar surface area (TPSA) is 76.4 Å². The van der Waals surface area contributed by atoms with Gasteiger partial charge in [-0.15, -0.1) is 0 Å². The third kappa shape index (κ3) is 4.22. The molecule has 4 rings (SSSR count). The van der Waals surface area contributed by atoms with E-state index in [2.05, 4.69) is 33.5 Å². The van der Waals surface area contributed by atoms with Gasteiger partial charge in [0.15, 0.2) is 5.96 Å². The van der Waals surface area contributed by atoms with Gasteiger partial charge in [-0.1, -0.05) is 12.1 Å². The monoisotopic (exact) mass is 378 g/mol. The zero-order valence-corrected chi connectivity index (χ0v) is 15.6. The van der Waals surface area contributed by atoms with Crippen LogP contribution in [0.1, 0.15) is 29.7 Å². The Hall–Kier alpha value is -3.15. The Kier molecular flexibility index (Phi) is 5.37. The molecule has 0 bridgehead atoms. The second-order valence-corrected chi connectivity index (χ2v) is 6.94. The predicted octanol–water partition coefficient (Wildman–Crippen LogP) is 4.33. The number of aryl methyl sites for hydroxylation is 1. The Labute approximate surface area is 163 Å². The molecular weight excluding hydrogens is 355 g/mol. The first-order valence-corrected chi connectivity index (χ1v) is 9.57. The highest BCUT2D eigenvalue weighted by molar-refractivity contribution is 5.93. The van der Waals surface area contributed by atoms with Crippen LogP contribution in [0.2, 0.25) is 0 Å². The molecule has 0 aliphatic heterocycles. The number of aromatic nitrogens is 1. The summed E-state index contributed by atoms with van der Waals surface area (Å²) in [4.78, 5) is 8.84. The van der Waals surface area contributed by atoms with Gasteiger partial charge in [0.25, 0.3) is 0 Å². The van der Waals surface area contributed by atoms with Gasteiger partial charge in [-0.25, -0.2) is 9.37 Å². The second kappa shape index (κ2) is 8.25. The lowest BCUT2D eigenvalue weighted by Crippen LogP contribution is -2.24. The number of nitrogens with two attached hydrogens (primary N) is 1. The molecule has 0 saturated carbocycles. The highest BCUT2D eigenvalue weighted by Gasteiger charge is 2.13. The van der Waals surface area contributed by atoms with Gasteiger partial charge in [-0.3, -0.25) is 4.99 Å². The van der Waals surface area contributed by atoms with Crippen molar-refractivity contribution in [2.45, 2.75) is 32.1 Å². The van der Waals surface area contributed by atoms with Crippen molar-refractivity contribution in [1.29, 1.82) is 0 Å². The van der Waals surface area contributed by atoms with Crippen LogP contribution in [0.15, 0.2) is 58.1 Å². The maximum absolute atomic E-state index is 13.0. The van der Waals surface area contributed by atoms with Crippen molar-refractivity contribution in [3.8, 4) is 11.5 Å². The minimum absolute atomic E-state index is 0.285. The lowest BCUT2D eigenvalue weighted by atomic mass is 9.90. The van der Waals surface area contributed by atoms with Gasteiger partial charge in [0.1, 0.15) is 12.1 Å². The molecule has 0 radical (unpaired) electrons. The van der Waals surface area contributed by atoms with Crippen LogP contribution in [-0.2, 0) is 19.3 Å². The van der Waals surface area contributed by atoms with E-state index in [9.17, 15) is 4.39 Å². The van der Waals surface area contributed by atoms with Crippen LogP contribution in [0.25, 0.3) is 11.5 Å². The molecule has 1 heterocycles. The summed E-state index contributed by atoms with van der Waals surface area (Å²) in [5, 5.41) is 3.24. The van der Waals surface area contributed by atoms with E-state index in [0.29, 0.717) is 24.8 Å². The molecule has 2 aromatic carbocycles. The summed E-state index contributed by atoms with van der Waals surface area (Å²) >= 11 is 0. The highest BCUT2D eigenvalue weighted by atomic mass is 19.1. The minimum Gasteiger partial charge on any atom is -0.444 e. The Bertz CT molecular complexity index is 978. The van der Waals surface area contributed by atoms with Gasteiger partial charge in [-0.05, 0) is 67.1 Å². The van der Waals surface area contributed by atoms with Crippen molar-refractivity contribution in [3.63, 3.8) is 0 Å². The predicted molar refractivity (Wildman–Crippen MR) is 109 cm³/mol. The zero-order valence-electron chi connectivity index (χ0n) is 15.6. The Morgan fingerprint density at radius 1 is 1.14 bits per heavy atom. The summed E-state index contributed by atoms with van der Waals surface area (Å²) in [6, 6.07) is 12.4. The molecule has 0 fully saturated rings. The molecule has 1 aliphatic rings. The fourth-order valence-corrected chi connectivity index (χ4v) is 3.51. The first-order chi connectivity index (χ1) is 13.7. The minimum atomic E-state index is -0.285. The fourth-order valence-electron chi connectivity index (χ4n) is 3.51. The number of halogens is 1. The van der Waals surface area contributed by atoms with E-state index in [0.717, 1.165) is 29.8 Å². The molecule has 28 heavy (non-hydrogen) atoms. The summed E-state index contributed by atoms with van der Waals surface area (Å²) in [6.45, 7) is 0.503.